The van der Waals surface area contributed by atoms with Crippen LogP contribution >= 0.6 is 0 Å². The minimum Gasteiger partial charge on any atom is -0.368 e. The lowest BCUT2D eigenvalue weighted by molar-refractivity contribution is -0.124. The number of nitrogens with one attached hydrogen (secondary N) is 1. The number of nitrogens with two attached hydrogens (primary N) is 1. The van der Waals surface area contributed by atoms with Gasteiger partial charge in [0, 0.05) is 12.6 Å². The second-order valence-electron chi connectivity index (χ2n) is 5.62. The molecule has 4 nitrogen and oxygen atoms in total. The van der Waals surface area contributed by atoms with Crippen LogP contribution in [0.15, 0.2) is 0 Å². The molecule has 17 heavy (non-hydrogen) atoms. The Morgan fingerprint density at radius 2 is 2.18 bits per heavy atom. The van der Waals surface area contributed by atoms with E-state index in [1.54, 1.807) is 0 Å². The van der Waals surface area contributed by atoms with Crippen molar-refractivity contribution in [3.05, 3.63) is 0 Å². The molecular weight excluding hydrogens is 214 g/mol. The molecule has 0 saturated heterocycles. The molecule has 0 aromatic heterocycles. The smallest absolute Gasteiger partial charge is 0.238 e. The third-order valence-electron chi connectivity index (χ3n) is 3.87. The van der Waals surface area contributed by atoms with Gasteiger partial charge in [-0.1, -0.05) is 6.92 Å². The van der Waals surface area contributed by atoms with E-state index in [-0.39, 0.29) is 5.91 Å². The molecule has 1 aliphatic carbocycles. The minimum absolute atomic E-state index is 0.263. The lowest BCUT2D eigenvalue weighted by Gasteiger charge is -2.35. The van der Waals surface area contributed by atoms with Crippen LogP contribution in [0.1, 0.15) is 40.0 Å². The number of rotatable bonds is 8. The van der Waals surface area contributed by atoms with Crippen LogP contribution in [0.3, 0.4) is 0 Å². The van der Waals surface area contributed by atoms with E-state index in [1.165, 1.54) is 12.8 Å². The van der Waals surface area contributed by atoms with Crippen LogP contribution in [0.4, 0.5) is 0 Å². The Labute approximate surface area is 105 Å². The molecule has 0 heterocycles. The fourth-order valence-corrected chi connectivity index (χ4v) is 2.20. The SMILES string of the molecule is CCCNC(C)(CN(C)C(C)C1CC1)C(N)=O. The summed E-state index contributed by atoms with van der Waals surface area (Å²) in [5, 5.41) is 3.27. The number of amides is 1. The number of carbonyl (C=O) groups is 1. The van der Waals surface area contributed by atoms with E-state index in [9.17, 15) is 4.79 Å². The van der Waals surface area contributed by atoms with Gasteiger partial charge in [-0.2, -0.15) is 0 Å². The highest BCUT2D eigenvalue weighted by Crippen LogP contribution is 2.34. The molecule has 0 bridgehead atoms. The van der Waals surface area contributed by atoms with Crippen molar-refractivity contribution in [1.82, 2.24) is 10.2 Å². The molecule has 1 amide bonds. The molecule has 3 N–H and O–H groups in total. The van der Waals surface area contributed by atoms with Gasteiger partial charge >= 0.3 is 0 Å². The van der Waals surface area contributed by atoms with E-state index in [0.29, 0.717) is 12.6 Å². The largest absolute Gasteiger partial charge is 0.368 e. The van der Waals surface area contributed by atoms with Gasteiger partial charge in [0.1, 0.15) is 5.54 Å². The second-order valence-corrected chi connectivity index (χ2v) is 5.62. The first kappa shape index (κ1) is 14.5. The minimum atomic E-state index is -0.617. The Morgan fingerprint density at radius 1 is 1.59 bits per heavy atom. The number of primary amides is 1. The zero-order valence-electron chi connectivity index (χ0n) is 11.6. The van der Waals surface area contributed by atoms with Crippen molar-refractivity contribution in [2.75, 3.05) is 20.1 Å². The highest BCUT2D eigenvalue weighted by molar-refractivity contribution is 5.84. The Balaban J connectivity index is 2.55. The summed E-state index contributed by atoms with van der Waals surface area (Å²) in [5.41, 5.74) is 4.91. The molecule has 2 unspecified atom stereocenters. The summed E-state index contributed by atoms with van der Waals surface area (Å²) in [4.78, 5) is 13.9. The standard InChI is InChI=1S/C13H27N3O/c1-5-8-15-13(3,12(14)17)9-16(4)10(2)11-6-7-11/h10-11,15H,5-9H2,1-4H3,(H2,14,17). The molecule has 1 aliphatic rings. The quantitative estimate of drug-likeness (QED) is 0.665. The van der Waals surface area contributed by atoms with Crippen LogP contribution < -0.4 is 11.1 Å². The van der Waals surface area contributed by atoms with Gasteiger partial charge in [-0.15, -0.1) is 0 Å². The molecular formula is C13H27N3O. The maximum atomic E-state index is 11.6. The van der Waals surface area contributed by atoms with Gasteiger partial charge in [0.05, 0.1) is 0 Å². The van der Waals surface area contributed by atoms with Crippen molar-refractivity contribution >= 4 is 5.91 Å². The number of hydrogen-bond donors (Lipinski definition) is 2. The lowest BCUT2D eigenvalue weighted by atomic mass is 9.99. The Hall–Kier alpha value is -0.610. The fraction of sp³-hybridized carbons (Fsp3) is 0.923. The average Bonchev–Trinajstić information content (AvgIpc) is 3.08. The van der Waals surface area contributed by atoms with Crippen molar-refractivity contribution < 1.29 is 4.79 Å². The molecule has 1 saturated carbocycles. The van der Waals surface area contributed by atoms with Crippen molar-refractivity contribution in [1.29, 1.82) is 0 Å². The van der Waals surface area contributed by atoms with E-state index >= 15 is 0 Å². The van der Waals surface area contributed by atoms with Crippen molar-refractivity contribution in [2.24, 2.45) is 11.7 Å². The zero-order chi connectivity index (χ0) is 13.1. The van der Waals surface area contributed by atoms with E-state index in [0.717, 1.165) is 18.9 Å². The summed E-state index contributed by atoms with van der Waals surface area (Å²) >= 11 is 0. The molecule has 1 fully saturated rings. The first-order valence-electron chi connectivity index (χ1n) is 6.66. The lowest BCUT2D eigenvalue weighted by Crippen LogP contribution is -2.60. The number of likely N-dealkylation sites (N-methyl/N-ethyl adjacent to an activating group) is 1. The van der Waals surface area contributed by atoms with Crippen molar-refractivity contribution in [2.45, 2.75) is 51.6 Å². The van der Waals surface area contributed by atoms with E-state index in [4.69, 9.17) is 5.73 Å². The third-order valence-corrected chi connectivity index (χ3v) is 3.87. The molecule has 0 aromatic rings. The molecule has 0 spiro atoms. The van der Waals surface area contributed by atoms with Crippen LogP contribution in [0.25, 0.3) is 0 Å². The Bertz CT molecular complexity index is 265. The number of hydrogen-bond acceptors (Lipinski definition) is 3. The van der Waals surface area contributed by atoms with Crippen LogP contribution in [0.2, 0.25) is 0 Å². The summed E-state index contributed by atoms with van der Waals surface area (Å²) in [6.07, 6.45) is 3.65. The highest BCUT2D eigenvalue weighted by Gasteiger charge is 2.36. The van der Waals surface area contributed by atoms with Crippen LogP contribution in [0, 0.1) is 5.92 Å². The van der Waals surface area contributed by atoms with Gasteiger partial charge in [-0.05, 0) is 52.6 Å². The first-order valence-corrected chi connectivity index (χ1v) is 6.66. The highest BCUT2D eigenvalue weighted by atomic mass is 16.1. The van der Waals surface area contributed by atoms with Gasteiger partial charge in [0.25, 0.3) is 0 Å². The number of carbonyl (C=O) groups excluding carboxylic acids is 1. The van der Waals surface area contributed by atoms with Gasteiger partial charge in [0.15, 0.2) is 0 Å². The molecule has 1 rings (SSSR count). The van der Waals surface area contributed by atoms with Crippen LogP contribution in [-0.2, 0) is 4.79 Å². The molecule has 4 heteroatoms. The van der Waals surface area contributed by atoms with Gasteiger partial charge in [-0.3, -0.25) is 4.79 Å². The van der Waals surface area contributed by atoms with Crippen LogP contribution in [-0.4, -0.2) is 42.5 Å². The molecule has 2 atom stereocenters. The third kappa shape index (κ3) is 3.96. The maximum absolute atomic E-state index is 11.6. The summed E-state index contributed by atoms with van der Waals surface area (Å²) in [6.45, 7) is 7.73. The van der Waals surface area contributed by atoms with Crippen molar-refractivity contribution in [3.8, 4) is 0 Å². The molecule has 0 aromatic carbocycles. The zero-order valence-corrected chi connectivity index (χ0v) is 11.6. The monoisotopic (exact) mass is 241 g/mol. The van der Waals surface area contributed by atoms with E-state index in [1.807, 2.05) is 6.92 Å². The first-order chi connectivity index (χ1) is 7.90. The second kappa shape index (κ2) is 5.83. The molecule has 0 radical (unpaired) electrons. The molecule has 100 valence electrons. The fourth-order valence-electron chi connectivity index (χ4n) is 2.20. The van der Waals surface area contributed by atoms with Gasteiger partial charge in [-0.25, -0.2) is 0 Å². The maximum Gasteiger partial charge on any atom is 0.238 e. The van der Waals surface area contributed by atoms with Crippen molar-refractivity contribution in [3.63, 3.8) is 0 Å². The topological polar surface area (TPSA) is 58.4 Å². The summed E-state index contributed by atoms with van der Waals surface area (Å²) in [6, 6.07) is 0.539. The molecule has 0 aliphatic heterocycles. The Morgan fingerprint density at radius 3 is 2.59 bits per heavy atom. The summed E-state index contributed by atoms with van der Waals surface area (Å²) < 4.78 is 0. The predicted octanol–water partition coefficient (Wildman–Crippen LogP) is 0.960. The van der Waals surface area contributed by atoms with Crippen LogP contribution in [0.5, 0.6) is 0 Å². The van der Waals surface area contributed by atoms with Gasteiger partial charge in [0.2, 0.25) is 5.91 Å². The predicted molar refractivity (Wildman–Crippen MR) is 70.7 cm³/mol. The van der Waals surface area contributed by atoms with E-state index < -0.39 is 5.54 Å². The van der Waals surface area contributed by atoms with E-state index in [2.05, 4.69) is 31.1 Å². The Kier molecular flexibility index (Phi) is 4.95. The van der Waals surface area contributed by atoms with Gasteiger partial charge < -0.3 is 16.0 Å². The summed E-state index contributed by atoms with van der Waals surface area (Å²) in [5.74, 6) is 0.545. The average molecular weight is 241 g/mol. The normalized spacial score (nSPS) is 21.2. The summed E-state index contributed by atoms with van der Waals surface area (Å²) in [7, 11) is 2.08. The number of nitrogens with zero attached hydrogens (tertiary/aromatic N) is 1.